The Morgan fingerprint density at radius 3 is 2.48 bits per heavy atom. The van der Waals surface area contributed by atoms with Crippen LogP contribution in [0, 0.1) is 11.8 Å². The average Bonchev–Trinajstić information content (AvgIpc) is 2.70. The summed E-state index contributed by atoms with van der Waals surface area (Å²) in [5, 5.41) is 11.9. The van der Waals surface area contributed by atoms with Crippen LogP contribution < -0.4 is 5.73 Å². The number of aliphatic hydroxyl groups is 1. The van der Waals surface area contributed by atoms with Crippen molar-refractivity contribution in [1.29, 1.82) is 0 Å². The van der Waals surface area contributed by atoms with Gasteiger partial charge in [0.15, 0.2) is 5.78 Å². The van der Waals surface area contributed by atoms with Crippen LogP contribution in [-0.4, -0.2) is 47.5 Å². The first-order valence-corrected chi connectivity index (χ1v) is 9.54. The number of aromatic nitrogens is 1. The molecule has 0 saturated heterocycles. The van der Waals surface area contributed by atoms with Crippen molar-refractivity contribution in [3.05, 3.63) is 71.4 Å². The third-order valence-corrected chi connectivity index (χ3v) is 4.58. The highest BCUT2D eigenvalue weighted by Gasteiger charge is 2.11. The second kappa shape index (κ2) is 9.33. The summed E-state index contributed by atoms with van der Waals surface area (Å²) in [5.74, 6) is 6.80. The fraction of sp³-hybridized carbons (Fsp3) is 0.250. The van der Waals surface area contributed by atoms with E-state index in [1.165, 1.54) is 0 Å². The number of pyridine rings is 1. The third kappa shape index (κ3) is 5.89. The van der Waals surface area contributed by atoms with E-state index in [2.05, 4.69) is 16.8 Å². The molecule has 0 bridgehead atoms. The van der Waals surface area contributed by atoms with Crippen LogP contribution in [0.25, 0.3) is 10.8 Å². The van der Waals surface area contributed by atoms with Crippen molar-refractivity contribution < 1.29 is 9.90 Å². The maximum Gasteiger partial charge on any atom is 0.162 e. The molecule has 148 valence electrons. The number of rotatable bonds is 6. The van der Waals surface area contributed by atoms with Crippen LogP contribution in [0.4, 0.5) is 5.82 Å². The maximum atomic E-state index is 12.3. The van der Waals surface area contributed by atoms with Crippen LogP contribution in [0.1, 0.15) is 34.3 Å². The molecule has 0 fully saturated rings. The number of fused-ring (bicyclic) bond motifs is 1. The molecule has 0 aliphatic carbocycles. The molecule has 1 aromatic heterocycles. The van der Waals surface area contributed by atoms with Crippen LogP contribution in [-0.2, 0) is 0 Å². The van der Waals surface area contributed by atoms with E-state index in [1.807, 2.05) is 55.4 Å². The van der Waals surface area contributed by atoms with Crippen molar-refractivity contribution in [2.45, 2.75) is 18.9 Å². The van der Waals surface area contributed by atoms with Gasteiger partial charge in [-0.3, -0.25) is 4.79 Å². The molecule has 3 aromatic rings. The van der Waals surface area contributed by atoms with Crippen molar-refractivity contribution in [3.8, 4) is 11.8 Å². The number of aliphatic hydroxyl groups excluding tert-OH is 1. The fourth-order valence-electron chi connectivity index (χ4n) is 3.08. The lowest BCUT2D eigenvalue weighted by Gasteiger charge is -2.15. The van der Waals surface area contributed by atoms with Gasteiger partial charge >= 0.3 is 0 Å². The van der Waals surface area contributed by atoms with E-state index >= 15 is 0 Å². The second-order valence-electron chi connectivity index (χ2n) is 7.38. The van der Waals surface area contributed by atoms with Crippen molar-refractivity contribution in [2.75, 3.05) is 26.4 Å². The topological polar surface area (TPSA) is 79.5 Å². The van der Waals surface area contributed by atoms with Gasteiger partial charge in [0.05, 0.1) is 6.10 Å². The van der Waals surface area contributed by atoms with Crippen molar-refractivity contribution in [1.82, 2.24) is 9.88 Å². The number of benzene rings is 2. The number of Topliss-reactive ketones (excluding diaryl/α,β-unsaturated/α-hetero) is 1. The van der Waals surface area contributed by atoms with E-state index in [9.17, 15) is 9.90 Å². The molecule has 29 heavy (non-hydrogen) atoms. The lowest BCUT2D eigenvalue weighted by molar-refractivity contribution is 0.0909. The summed E-state index contributed by atoms with van der Waals surface area (Å²) in [6, 6.07) is 15.0. The number of hydrogen-bond acceptors (Lipinski definition) is 5. The van der Waals surface area contributed by atoms with Gasteiger partial charge in [0.1, 0.15) is 5.82 Å². The van der Waals surface area contributed by atoms with Crippen molar-refractivity contribution in [3.63, 3.8) is 0 Å². The van der Waals surface area contributed by atoms with Gasteiger partial charge in [0, 0.05) is 41.2 Å². The fourth-order valence-corrected chi connectivity index (χ4v) is 3.08. The Morgan fingerprint density at radius 2 is 1.76 bits per heavy atom. The summed E-state index contributed by atoms with van der Waals surface area (Å²) >= 11 is 0. The molecule has 0 spiro atoms. The molecule has 5 heteroatoms. The van der Waals surface area contributed by atoms with Crippen LogP contribution >= 0.6 is 0 Å². The van der Waals surface area contributed by atoms with Gasteiger partial charge in [-0.15, -0.1) is 0 Å². The van der Waals surface area contributed by atoms with Crippen LogP contribution in [0.2, 0.25) is 0 Å². The first-order chi connectivity index (χ1) is 13.9. The number of anilines is 1. The zero-order chi connectivity index (χ0) is 20.8. The number of nitrogens with zero attached hydrogens (tertiary/aromatic N) is 2. The van der Waals surface area contributed by atoms with Gasteiger partial charge in [-0.05, 0) is 56.2 Å². The molecule has 1 unspecified atom stereocenters. The molecule has 0 radical (unpaired) electrons. The number of nitrogens with two attached hydrogens (primary N) is 1. The summed E-state index contributed by atoms with van der Waals surface area (Å²) in [6.45, 7) is 0.556. The third-order valence-electron chi connectivity index (χ3n) is 4.58. The molecule has 0 saturated carbocycles. The Hall–Kier alpha value is -3.20. The summed E-state index contributed by atoms with van der Waals surface area (Å²) in [6.07, 6.45) is 2.04. The van der Waals surface area contributed by atoms with Gasteiger partial charge < -0.3 is 15.7 Å². The monoisotopic (exact) mass is 387 g/mol. The minimum Gasteiger partial charge on any atom is -0.392 e. The molecule has 0 amide bonds. The van der Waals surface area contributed by atoms with Gasteiger partial charge in [0.25, 0.3) is 0 Å². The summed E-state index contributed by atoms with van der Waals surface area (Å²) in [4.78, 5) is 18.3. The van der Waals surface area contributed by atoms with E-state index in [4.69, 9.17) is 5.73 Å². The lowest BCUT2D eigenvalue weighted by atomic mass is 10.0. The maximum absolute atomic E-state index is 12.3. The smallest absolute Gasteiger partial charge is 0.162 e. The molecular weight excluding hydrogens is 362 g/mol. The molecule has 0 aliphatic rings. The Balaban J connectivity index is 1.64. The summed E-state index contributed by atoms with van der Waals surface area (Å²) in [5.41, 5.74) is 8.07. The lowest BCUT2D eigenvalue weighted by Crippen LogP contribution is -2.26. The van der Waals surface area contributed by atoms with Crippen molar-refractivity contribution in [2.24, 2.45) is 0 Å². The van der Waals surface area contributed by atoms with E-state index in [1.54, 1.807) is 18.3 Å². The first-order valence-electron chi connectivity index (χ1n) is 9.54. The second-order valence-corrected chi connectivity index (χ2v) is 7.38. The molecular formula is C24H25N3O2. The van der Waals surface area contributed by atoms with Crippen LogP contribution in [0.3, 0.4) is 0 Å². The predicted octanol–water partition coefficient (Wildman–Crippen LogP) is 3.10. The largest absolute Gasteiger partial charge is 0.392 e. The molecule has 5 nitrogen and oxygen atoms in total. The number of carbonyl (C=O) groups is 1. The minimum absolute atomic E-state index is 0.0311. The molecule has 1 atom stereocenters. The predicted molar refractivity (Wildman–Crippen MR) is 117 cm³/mol. The number of carbonyl (C=O) groups excluding carboxylic acids is 1. The minimum atomic E-state index is -0.493. The zero-order valence-corrected chi connectivity index (χ0v) is 16.7. The number of likely N-dealkylation sites (N-methyl/N-ethyl adjacent to an activating group) is 1. The van der Waals surface area contributed by atoms with Crippen LogP contribution in [0.15, 0.2) is 54.7 Å². The van der Waals surface area contributed by atoms with Gasteiger partial charge in [-0.2, -0.15) is 0 Å². The summed E-state index contributed by atoms with van der Waals surface area (Å²) in [7, 11) is 3.80. The Kier molecular flexibility index (Phi) is 6.61. The summed E-state index contributed by atoms with van der Waals surface area (Å²) < 4.78 is 0. The molecule has 0 aliphatic heterocycles. The van der Waals surface area contributed by atoms with Gasteiger partial charge in [-0.1, -0.05) is 30.0 Å². The quantitative estimate of drug-likeness (QED) is 0.502. The van der Waals surface area contributed by atoms with E-state index in [-0.39, 0.29) is 5.78 Å². The molecule has 1 heterocycles. The molecule has 2 aromatic carbocycles. The number of hydrogen-bond donors (Lipinski definition) is 2. The zero-order valence-electron chi connectivity index (χ0n) is 16.7. The normalized spacial score (nSPS) is 11.9. The standard InChI is InChI=1S/C24H25N3O2/c1-27(2)16-22(28)11-12-23(29)19-8-5-17(6-9-19)3-4-18-7-10-20-14-24(25)26-15-21(20)13-18/h5-10,13-15,22,28H,11-12,16H2,1-2H3,(H2,25,26). The van der Waals surface area contributed by atoms with Crippen molar-refractivity contribution >= 4 is 22.4 Å². The average molecular weight is 387 g/mol. The SMILES string of the molecule is CN(C)CC(O)CCC(=O)c1ccc(C#Cc2ccc3cc(N)ncc3c2)cc1. The Labute approximate surface area is 171 Å². The number of nitrogen functional groups attached to an aromatic ring is 1. The highest BCUT2D eigenvalue weighted by molar-refractivity contribution is 5.96. The van der Waals surface area contributed by atoms with E-state index < -0.39 is 6.10 Å². The van der Waals surface area contributed by atoms with E-state index in [0.29, 0.717) is 30.8 Å². The molecule has 3 N–H and O–H groups in total. The van der Waals surface area contributed by atoms with E-state index in [0.717, 1.165) is 21.9 Å². The number of ketones is 1. The first kappa shape index (κ1) is 20.5. The Bertz CT molecular complexity index is 1060. The Morgan fingerprint density at radius 1 is 1.07 bits per heavy atom. The van der Waals surface area contributed by atoms with Gasteiger partial charge in [0.2, 0.25) is 0 Å². The molecule has 3 rings (SSSR count). The van der Waals surface area contributed by atoms with Crippen LogP contribution in [0.5, 0.6) is 0 Å². The highest BCUT2D eigenvalue weighted by Crippen LogP contribution is 2.17. The highest BCUT2D eigenvalue weighted by atomic mass is 16.3. The van der Waals surface area contributed by atoms with Gasteiger partial charge in [-0.25, -0.2) is 4.98 Å².